The van der Waals surface area contributed by atoms with E-state index in [-0.39, 0.29) is 17.3 Å². The van der Waals surface area contributed by atoms with E-state index in [4.69, 9.17) is 23.2 Å². The number of nitrogens with zero attached hydrogens (tertiary/aromatic N) is 3. The number of hydrogen-bond donors (Lipinski definition) is 2. The first-order chi connectivity index (χ1) is 12.9. The number of benzene rings is 2. The number of anilines is 4. The number of hydrogen-bond acceptors (Lipinski definition) is 6. The molecule has 0 aliphatic carbocycles. The molecule has 3 aromatic rings. The Bertz CT molecular complexity index is 1030. The van der Waals surface area contributed by atoms with Gasteiger partial charge in [-0.05, 0) is 55.3 Å². The summed E-state index contributed by atoms with van der Waals surface area (Å²) in [5.74, 6) is 0.136. The molecule has 1 aromatic heterocycles. The van der Waals surface area contributed by atoms with Crippen LogP contribution in [0.15, 0.2) is 42.7 Å². The summed E-state index contributed by atoms with van der Waals surface area (Å²) in [7, 11) is 0. The zero-order valence-corrected chi connectivity index (χ0v) is 16.0. The molecule has 0 unspecified atom stereocenters. The predicted octanol–water partition coefficient (Wildman–Crippen LogP) is 5.80. The summed E-state index contributed by atoms with van der Waals surface area (Å²) in [4.78, 5) is 19.3. The van der Waals surface area contributed by atoms with Gasteiger partial charge in [0.1, 0.15) is 6.33 Å². The fraction of sp³-hybridized carbons (Fsp3) is 0.111. The highest BCUT2D eigenvalue weighted by molar-refractivity contribution is 6.31. The molecule has 0 atom stereocenters. The van der Waals surface area contributed by atoms with Crippen LogP contribution in [0.2, 0.25) is 10.0 Å². The maximum absolute atomic E-state index is 11.7. The minimum Gasteiger partial charge on any atom is -0.334 e. The van der Waals surface area contributed by atoms with Gasteiger partial charge in [0.05, 0.1) is 4.92 Å². The lowest BCUT2D eigenvalue weighted by molar-refractivity contribution is -0.383. The van der Waals surface area contributed by atoms with Crippen molar-refractivity contribution in [1.29, 1.82) is 0 Å². The van der Waals surface area contributed by atoms with Gasteiger partial charge < -0.3 is 10.6 Å². The summed E-state index contributed by atoms with van der Waals surface area (Å²) in [5, 5.41) is 18.8. The van der Waals surface area contributed by atoms with Crippen molar-refractivity contribution >= 4 is 51.9 Å². The molecular formula is C18H15Cl2N5O2. The van der Waals surface area contributed by atoms with E-state index >= 15 is 0 Å². The summed E-state index contributed by atoms with van der Waals surface area (Å²) in [5.41, 5.74) is 2.60. The zero-order valence-electron chi connectivity index (χ0n) is 14.5. The van der Waals surface area contributed by atoms with Crippen molar-refractivity contribution in [3.05, 3.63) is 74.0 Å². The van der Waals surface area contributed by atoms with Gasteiger partial charge in [0.15, 0.2) is 0 Å². The summed E-state index contributed by atoms with van der Waals surface area (Å²) in [6, 6.07) is 10.4. The van der Waals surface area contributed by atoms with E-state index in [2.05, 4.69) is 20.6 Å². The molecule has 0 bridgehead atoms. The Hall–Kier alpha value is -2.90. The highest BCUT2D eigenvalue weighted by atomic mass is 35.5. The van der Waals surface area contributed by atoms with Crippen LogP contribution in [0.3, 0.4) is 0 Å². The fourth-order valence-corrected chi connectivity index (χ4v) is 2.90. The van der Waals surface area contributed by atoms with Crippen molar-refractivity contribution < 1.29 is 4.92 Å². The van der Waals surface area contributed by atoms with Crippen molar-refractivity contribution in [2.45, 2.75) is 13.8 Å². The summed E-state index contributed by atoms with van der Waals surface area (Å²) < 4.78 is 0. The van der Waals surface area contributed by atoms with Gasteiger partial charge in [0, 0.05) is 21.4 Å². The third kappa shape index (κ3) is 4.10. The monoisotopic (exact) mass is 403 g/mol. The van der Waals surface area contributed by atoms with Crippen molar-refractivity contribution in [2.24, 2.45) is 0 Å². The lowest BCUT2D eigenvalue weighted by Crippen LogP contribution is -2.06. The highest BCUT2D eigenvalue weighted by Crippen LogP contribution is 2.35. The van der Waals surface area contributed by atoms with Crippen molar-refractivity contribution in [2.75, 3.05) is 10.6 Å². The molecule has 2 N–H and O–H groups in total. The Kier molecular flexibility index (Phi) is 5.43. The van der Waals surface area contributed by atoms with E-state index in [9.17, 15) is 10.1 Å². The fourth-order valence-electron chi connectivity index (χ4n) is 2.50. The summed E-state index contributed by atoms with van der Waals surface area (Å²) >= 11 is 12.1. The Morgan fingerprint density at radius 2 is 1.67 bits per heavy atom. The number of aryl methyl sites for hydroxylation is 1. The molecule has 9 heteroatoms. The SMILES string of the molecule is Cc1cc(Cl)ccc1Nc1ncnc(Nc2cccc(Cl)c2C)c1[N+](=O)[O-]. The number of nitro groups is 1. The first-order valence-electron chi connectivity index (χ1n) is 7.91. The maximum Gasteiger partial charge on any atom is 0.353 e. The third-order valence-corrected chi connectivity index (χ3v) is 4.61. The smallest absolute Gasteiger partial charge is 0.334 e. The van der Waals surface area contributed by atoms with Gasteiger partial charge in [0.25, 0.3) is 0 Å². The van der Waals surface area contributed by atoms with Crippen LogP contribution in [0.5, 0.6) is 0 Å². The number of halogens is 2. The van der Waals surface area contributed by atoms with E-state index in [1.54, 1.807) is 36.4 Å². The summed E-state index contributed by atoms with van der Waals surface area (Å²) in [6.07, 6.45) is 1.25. The van der Waals surface area contributed by atoms with Crippen LogP contribution in [0.4, 0.5) is 28.7 Å². The van der Waals surface area contributed by atoms with Crippen LogP contribution in [0.1, 0.15) is 11.1 Å². The molecule has 0 fully saturated rings. The first kappa shape index (κ1) is 18.9. The number of aromatic nitrogens is 2. The van der Waals surface area contributed by atoms with E-state index in [1.165, 1.54) is 6.33 Å². The quantitative estimate of drug-likeness (QED) is 0.413. The molecule has 0 saturated carbocycles. The summed E-state index contributed by atoms with van der Waals surface area (Å²) in [6.45, 7) is 3.66. The van der Waals surface area contributed by atoms with Crippen LogP contribution >= 0.6 is 23.2 Å². The van der Waals surface area contributed by atoms with Gasteiger partial charge in [-0.1, -0.05) is 29.3 Å². The molecule has 0 saturated heterocycles. The minimum atomic E-state index is -0.532. The molecule has 27 heavy (non-hydrogen) atoms. The normalized spacial score (nSPS) is 10.5. The van der Waals surface area contributed by atoms with Crippen LogP contribution in [0, 0.1) is 24.0 Å². The molecule has 7 nitrogen and oxygen atoms in total. The van der Waals surface area contributed by atoms with Crippen molar-refractivity contribution in [3.63, 3.8) is 0 Å². The predicted molar refractivity (Wildman–Crippen MR) is 108 cm³/mol. The molecule has 0 radical (unpaired) electrons. The Balaban J connectivity index is 2.02. The molecule has 3 rings (SSSR count). The van der Waals surface area contributed by atoms with Crippen LogP contribution < -0.4 is 10.6 Å². The van der Waals surface area contributed by atoms with E-state index in [0.717, 1.165) is 11.1 Å². The van der Waals surface area contributed by atoms with E-state index in [1.807, 2.05) is 13.8 Å². The van der Waals surface area contributed by atoms with Gasteiger partial charge in [0.2, 0.25) is 11.6 Å². The molecule has 0 amide bonds. The molecule has 2 aromatic carbocycles. The Labute approximate surface area is 165 Å². The Morgan fingerprint density at radius 3 is 2.30 bits per heavy atom. The second-order valence-electron chi connectivity index (χ2n) is 5.80. The average molecular weight is 404 g/mol. The van der Waals surface area contributed by atoms with Crippen LogP contribution in [0.25, 0.3) is 0 Å². The lowest BCUT2D eigenvalue weighted by Gasteiger charge is -2.13. The second kappa shape index (κ2) is 7.77. The topological polar surface area (TPSA) is 93.0 Å². The first-order valence-corrected chi connectivity index (χ1v) is 8.67. The molecule has 138 valence electrons. The molecule has 0 aliphatic heterocycles. The van der Waals surface area contributed by atoms with Crippen molar-refractivity contribution in [1.82, 2.24) is 9.97 Å². The van der Waals surface area contributed by atoms with Gasteiger partial charge in [-0.15, -0.1) is 0 Å². The lowest BCUT2D eigenvalue weighted by atomic mass is 10.2. The Morgan fingerprint density at radius 1 is 1.00 bits per heavy atom. The molecule has 1 heterocycles. The van der Waals surface area contributed by atoms with Gasteiger partial charge in [-0.2, -0.15) is 0 Å². The van der Waals surface area contributed by atoms with E-state index in [0.29, 0.717) is 21.4 Å². The van der Waals surface area contributed by atoms with Gasteiger partial charge >= 0.3 is 5.69 Å². The van der Waals surface area contributed by atoms with Gasteiger partial charge in [-0.25, -0.2) is 9.97 Å². The number of rotatable bonds is 5. The molecule has 0 spiro atoms. The van der Waals surface area contributed by atoms with E-state index < -0.39 is 4.92 Å². The maximum atomic E-state index is 11.7. The van der Waals surface area contributed by atoms with Crippen LogP contribution in [-0.2, 0) is 0 Å². The minimum absolute atomic E-state index is 0.0643. The second-order valence-corrected chi connectivity index (χ2v) is 6.64. The highest BCUT2D eigenvalue weighted by Gasteiger charge is 2.24. The zero-order chi connectivity index (χ0) is 19.6. The standard InChI is InChI=1S/C18H15Cl2N5O2/c1-10-8-12(19)6-7-14(10)23-17-16(25(26)27)18(22-9-21-17)24-15-5-3-4-13(20)11(15)2/h3-9H,1-2H3,(H2,21,22,23,24). The van der Waals surface area contributed by atoms with Gasteiger partial charge in [-0.3, -0.25) is 10.1 Å². The van der Waals surface area contributed by atoms with Crippen molar-refractivity contribution in [3.8, 4) is 0 Å². The van der Waals surface area contributed by atoms with Crippen LogP contribution in [-0.4, -0.2) is 14.9 Å². The molecular weight excluding hydrogens is 389 g/mol. The number of nitrogens with one attached hydrogen (secondary N) is 2. The average Bonchev–Trinajstić information content (AvgIpc) is 2.61. The largest absolute Gasteiger partial charge is 0.353 e. The third-order valence-electron chi connectivity index (χ3n) is 3.97. The molecule has 0 aliphatic rings.